The summed E-state index contributed by atoms with van der Waals surface area (Å²) in [7, 11) is 1.63. The molecular formula is C19H12Cl2F3NO2. The molecule has 2 aromatic carbocycles. The maximum atomic E-state index is 13.0. The van der Waals surface area contributed by atoms with Crippen LogP contribution in [0.25, 0.3) is 11.1 Å². The maximum Gasteiger partial charge on any atom is 0.416 e. The lowest BCUT2D eigenvalue weighted by molar-refractivity contribution is -0.137. The van der Waals surface area contributed by atoms with E-state index in [-0.39, 0.29) is 27.6 Å². The number of alkyl halides is 3. The molecule has 0 unspecified atom stereocenters. The van der Waals surface area contributed by atoms with Crippen LogP contribution in [-0.4, -0.2) is 4.57 Å². The highest BCUT2D eigenvalue weighted by molar-refractivity contribution is 6.34. The number of rotatable bonds is 3. The van der Waals surface area contributed by atoms with Crippen molar-refractivity contribution in [3.05, 3.63) is 80.7 Å². The van der Waals surface area contributed by atoms with Gasteiger partial charge in [-0.25, -0.2) is 0 Å². The number of aryl methyl sites for hydroxylation is 1. The van der Waals surface area contributed by atoms with Crippen molar-refractivity contribution >= 4 is 23.2 Å². The van der Waals surface area contributed by atoms with Crippen molar-refractivity contribution < 1.29 is 17.9 Å². The number of aromatic nitrogens is 1. The molecule has 3 aromatic rings. The van der Waals surface area contributed by atoms with Crippen molar-refractivity contribution in [2.24, 2.45) is 7.05 Å². The molecule has 0 amide bonds. The normalized spacial score (nSPS) is 11.5. The van der Waals surface area contributed by atoms with Crippen molar-refractivity contribution in [3.8, 4) is 22.6 Å². The van der Waals surface area contributed by atoms with E-state index in [1.165, 1.54) is 41.2 Å². The van der Waals surface area contributed by atoms with Gasteiger partial charge in [-0.05, 0) is 29.8 Å². The Morgan fingerprint density at radius 2 is 1.74 bits per heavy atom. The molecule has 0 atom stereocenters. The fraction of sp³-hybridized carbons (Fsp3) is 0.105. The lowest BCUT2D eigenvalue weighted by Crippen LogP contribution is -2.12. The molecule has 0 bridgehead atoms. The third kappa shape index (κ3) is 4.28. The molecule has 3 rings (SSSR count). The molecule has 0 N–H and O–H groups in total. The van der Waals surface area contributed by atoms with Crippen molar-refractivity contribution in [2.75, 3.05) is 0 Å². The molecule has 0 aliphatic carbocycles. The summed E-state index contributed by atoms with van der Waals surface area (Å²) in [4.78, 5) is 12.8. The molecule has 0 fully saturated rings. The highest BCUT2D eigenvalue weighted by atomic mass is 35.5. The molecule has 0 radical (unpaired) electrons. The molecule has 8 heteroatoms. The van der Waals surface area contributed by atoms with Gasteiger partial charge in [-0.2, -0.15) is 13.2 Å². The van der Waals surface area contributed by atoms with Gasteiger partial charge < -0.3 is 9.30 Å². The summed E-state index contributed by atoms with van der Waals surface area (Å²) < 4.78 is 46.0. The van der Waals surface area contributed by atoms with Crippen molar-refractivity contribution in [1.82, 2.24) is 4.57 Å². The first-order valence-electron chi connectivity index (χ1n) is 7.66. The van der Waals surface area contributed by atoms with Crippen LogP contribution in [0.3, 0.4) is 0 Å². The second kappa shape index (κ2) is 7.29. The van der Waals surface area contributed by atoms with E-state index in [0.29, 0.717) is 5.02 Å². The van der Waals surface area contributed by atoms with Crippen LogP contribution in [0.2, 0.25) is 10.0 Å². The summed E-state index contributed by atoms with van der Waals surface area (Å²) in [6.07, 6.45) is -1.66. The number of benzene rings is 2. The molecule has 27 heavy (non-hydrogen) atoms. The highest BCUT2D eigenvalue weighted by Crippen LogP contribution is 2.33. The fourth-order valence-electron chi connectivity index (χ4n) is 2.49. The van der Waals surface area contributed by atoms with Gasteiger partial charge in [0, 0.05) is 29.9 Å². The Balaban J connectivity index is 2.09. The average Bonchev–Trinajstić information content (AvgIpc) is 2.60. The predicted octanol–water partition coefficient (Wildman–Crippen LogP) is 6.17. The molecule has 0 aliphatic rings. The molecule has 0 aliphatic heterocycles. The van der Waals surface area contributed by atoms with Crippen LogP contribution in [0.4, 0.5) is 13.2 Å². The van der Waals surface area contributed by atoms with Crippen LogP contribution in [-0.2, 0) is 13.2 Å². The molecule has 0 saturated heterocycles. The predicted molar refractivity (Wildman–Crippen MR) is 98.7 cm³/mol. The first kappa shape index (κ1) is 19.3. The Bertz CT molecular complexity index is 1060. The third-order valence-electron chi connectivity index (χ3n) is 3.74. The Morgan fingerprint density at radius 1 is 1.00 bits per heavy atom. The van der Waals surface area contributed by atoms with E-state index in [2.05, 4.69) is 0 Å². The van der Waals surface area contributed by atoms with Gasteiger partial charge in [-0.15, -0.1) is 0 Å². The van der Waals surface area contributed by atoms with Gasteiger partial charge in [0.2, 0.25) is 5.43 Å². The first-order chi connectivity index (χ1) is 12.6. The summed E-state index contributed by atoms with van der Waals surface area (Å²) in [6.45, 7) is 0. The second-order valence-electron chi connectivity index (χ2n) is 5.79. The van der Waals surface area contributed by atoms with Crippen LogP contribution in [0.5, 0.6) is 11.5 Å². The van der Waals surface area contributed by atoms with E-state index in [9.17, 15) is 18.0 Å². The van der Waals surface area contributed by atoms with Gasteiger partial charge in [-0.1, -0.05) is 35.3 Å². The largest absolute Gasteiger partial charge is 0.450 e. The van der Waals surface area contributed by atoms with Gasteiger partial charge >= 0.3 is 6.18 Å². The smallest absolute Gasteiger partial charge is 0.416 e. The molecule has 1 heterocycles. The number of ether oxygens (including phenoxy) is 1. The monoisotopic (exact) mass is 413 g/mol. The number of hydrogen-bond donors (Lipinski definition) is 0. The van der Waals surface area contributed by atoms with Crippen LogP contribution >= 0.6 is 23.2 Å². The van der Waals surface area contributed by atoms with E-state index in [1.54, 1.807) is 13.1 Å². The summed E-state index contributed by atoms with van der Waals surface area (Å²) >= 11 is 12.0. The standard InChI is InChI=1S/C19H12Cl2F3NO2/c1-25-9-14(11-3-2-4-12(7-11)19(22,23)24)18(26)17(10-25)27-16-8-13(20)5-6-15(16)21/h2-10H,1H3. The van der Waals surface area contributed by atoms with E-state index in [1.807, 2.05) is 0 Å². The van der Waals surface area contributed by atoms with Gasteiger partial charge in [0.1, 0.15) is 5.75 Å². The molecular weight excluding hydrogens is 402 g/mol. The molecule has 140 valence electrons. The SMILES string of the molecule is Cn1cc(Oc2cc(Cl)ccc2Cl)c(=O)c(-c2cccc(C(F)(F)F)c2)c1. The topological polar surface area (TPSA) is 31.2 Å². The zero-order valence-electron chi connectivity index (χ0n) is 13.8. The average molecular weight is 414 g/mol. The quantitative estimate of drug-likeness (QED) is 0.513. The van der Waals surface area contributed by atoms with Crippen molar-refractivity contribution in [3.63, 3.8) is 0 Å². The fourth-order valence-corrected chi connectivity index (χ4v) is 2.81. The number of nitrogens with zero attached hydrogens (tertiary/aromatic N) is 1. The lowest BCUT2D eigenvalue weighted by Gasteiger charge is -2.12. The molecule has 0 saturated carbocycles. The minimum Gasteiger partial charge on any atom is -0.450 e. The van der Waals surface area contributed by atoms with E-state index < -0.39 is 17.2 Å². The summed E-state index contributed by atoms with van der Waals surface area (Å²) in [5.41, 5.74) is -1.21. The number of hydrogen-bond acceptors (Lipinski definition) is 2. The van der Waals surface area contributed by atoms with Crippen molar-refractivity contribution in [2.45, 2.75) is 6.18 Å². The molecule has 0 spiro atoms. The van der Waals surface area contributed by atoms with E-state index in [4.69, 9.17) is 27.9 Å². The Morgan fingerprint density at radius 3 is 2.44 bits per heavy atom. The minimum absolute atomic E-state index is 0.0688. The van der Waals surface area contributed by atoms with Gasteiger partial charge in [-0.3, -0.25) is 4.79 Å². The van der Waals surface area contributed by atoms with Gasteiger partial charge in [0.05, 0.1) is 16.8 Å². The summed E-state index contributed by atoms with van der Waals surface area (Å²) in [5.74, 6) is 0.0824. The summed E-state index contributed by atoms with van der Waals surface area (Å²) in [6, 6.07) is 9.07. The van der Waals surface area contributed by atoms with E-state index in [0.717, 1.165) is 12.1 Å². The minimum atomic E-state index is -4.51. The van der Waals surface area contributed by atoms with Gasteiger partial charge in [0.15, 0.2) is 5.75 Å². The molecule has 3 nitrogen and oxygen atoms in total. The highest BCUT2D eigenvalue weighted by Gasteiger charge is 2.30. The third-order valence-corrected chi connectivity index (χ3v) is 4.28. The Labute approximate surface area is 162 Å². The van der Waals surface area contributed by atoms with E-state index >= 15 is 0 Å². The Hall–Kier alpha value is -2.44. The zero-order valence-corrected chi connectivity index (χ0v) is 15.4. The lowest BCUT2D eigenvalue weighted by atomic mass is 10.0. The zero-order chi connectivity index (χ0) is 19.8. The molecule has 1 aromatic heterocycles. The van der Waals surface area contributed by atoms with Crippen LogP contribution in [0, 0.1) is 0 Å². The number of halogens is 5. The van der Waals surface area contributed by atoms with Crippen LogP contribution in [0.15, 0.2) is 59.7 Å². The van der Waals surface area contributed by atoms with Crippen LogP contribution < -0.4 is 10.2 Å². The summed E-state index contributed by atoms with van der Waals surface area (Å²) in [5, 5.41) is 0.603. The number of pyridine rings is 1. The van der Waals surface area contributed by atoms with Crippen molar-refractivity contribution in [1.29, 1.82) is 0 Å². The maximum absolute atomic E-state index is 13.0. The Kier molecular flexibility index (Phi) is 5.22. The van der Waals surface area contributed by atoms with Crippen LogP contribution in [0.1, 0.15) is 5.56 Å². The van der Waals surface area contributed by atoms with Gasteiger partial charge in [0.25, 0.3) is 0 Å². The first-order valence-corrected chi connectivity index (χ1v) is 8.41. The second-order valence-corrected chi connectivity index (χ2v) is 6.63.